The highest BCUT2D eigenvalue weighted by Crippen LogP contribution is 2.27. The fourth-order valence-corrected chi connectivity index (χ4v) is 3.23. The van der Waals surface area contributed by atoms with Crippen LogP contribution in [0.5, 0.6) is 0 Å². The lowest BCUT2D eigenvalue weighted by Crippen LogP contribution is -2.55. The molecule has 0 saturated carbocycles. The molecule has 4 heterocycles. The third kappa shape index (κ3) is 3.26. The molecule has 0 N–H and O–H groups in total. The molecule has 3 aromatic heterocycles. The highest BCUT2D eigenvalue weighted by molar-refractivity contribution is 14.1. The Morgan fingerprint density at radius 3 is 2.81 bits per heavy atom. The standard InChI is InChI=1S/C17H20IN7O2/c1-17(2,3)23(4)16(26)27-11-7-24(8-11)14-15-22-20-9-25(15)12-5-10(18)6-19-13(12)21-14/h5-6,9,11H,7-8H2,1-4H3. The van der Waals surface area contributed by atoms with Gasteiger partial charge in [-0.2, -0.15) is 0 Å². The van der Waals surface area contributed by atoms with Gasteiger partial charge in [0.15, 0.2) is 11.5 Å². The Hall–Kier alpha value is -2.24. The molecule has 1 saturated heterocycles. The molecule has 1 aliphatic rings. The molecule has 4 rings (SSSR count). The predicted octanol–water partition coefficient (Wildman–Crippen LogP) is 2.33. The third-order valence-corrected chi connectivity index (χ3v) is 5.32. The van der Waals surface area contributed by atoms with Crippen molar-refractivity contribution in [2.75, 3.05) is 25.0 Å². The Labute approximate surface area is 169 Å². The Bertz CT molecular complexity index is 1020. The van der Waals surface area contributed by atoms with Crippen molar-refractivity contribution in [1.29, 1.82) is 0 Å². The summed E-state index contributed by atoms with van der Waals surface area (Å²) in [5, 5.41) is 8.23. The van der Waals surface area contributed by atoms with E-state index in [2.05, 4.69) is 42.8 Å². The van der Waals surface area contributed by atoms with E-state index in [0.29, 0.717) is 30.2 Å². The summed E-state index contributed by atoms with van der Waals surface area (Å²) in [6.07, 6.45) is 2.95. The molecule has 1 aliphatic heterocycles. The summed E-state index contributed by atoms with van der Waals surface area (Å²) in [5.41, 5.74) is 1.88. The highest BCUT2D eigenvalue weighted by atomic mass is 127. The first-order valence-corrected chi connectivity index (χ1v) is 9.66. The summed E-state index contributed by atoms with van der Waals surface area (Å²) in [7, 11) is 1.75. The molecule has 0 unspecified atom stereocenters. The minimum Gasteiger partial charge on any atom is -0.442 e. The second kappa shape index (κ2) is 6.43. The van der Waals surface area contributed by atoms with Crippen LogP contribution in [-0.4, -0.2) is 67.3 Å². The van der Waals surface area contributed by atoms with Crippen LogP contribution in [-0.2, 0) is 4.74 Å². The van der Waals surface area contributed by atoms with Crippen molar-refractivity contribution in [3.63, 3.8) is 0 Å². The first kappa shape index (κ1) is 18.1. The first-order chi connectivity index (χ1) is 12.7. The number of hydrogen-bond acceptors (Lipinski definition) is 7. The van der Waals surface area contributed by atoms with Crippen LogP contribution in [0.15, 0.2) is 18.6 Å². The zero-order valence-electron chi connectivity index (χ0n) is 15.5. The minimum atomic E-state index is -0.317. The Kier molecular flexibility index (Phi) is 4.32. The van der Waals surface area contributed by atoms with Gasteiger partial charge < -0.3 is 14.5 Å². The van der Waals surface area contributed by atoms with E-state index in [4.69, 9.17) is 4.74 Å². The van der Waals surface area contributed by atoms with E-state index in [1.165, 1.54) is 0 Å². The molecule has 27 heavy (non-hydrogen) atoms. The summed E-state index contributed by atoms with van der Waals surface area (Å²) in [5.74, 6) is 0.699. The number of nitrogens with zero attached hydrogens (tertiary/aromatic N) is 7. The second-order valence-electron chi connectivity index (χ2n) is 7.60. The summed E-state index contributed by atoms with van der Waals surface area (Å²) < 4.78 is 8.49. The van der Waals surface area contributed by atoms with Crippen molar-refractivity contribution in [2.45, 2.75) is 32.4 Å². The molecule has 1 amide bonds. The van der Waals surface area contributed by atoms with Crippen molar-refractivity contribution < 1.29 is 9.53 Å². The Morgan fingerprint density at radius 1 is 1.37 bits per heavy atom. The van der Waals surface area contributed by atoms with E-state index in [1.54, 1.807) is 24.5 Å². The van der Waals surface area contributed by atoms with Crippen molar-refractivity contribution >= 4 is 51.3 Å². The van der Waals surface area contributed by atoms with Crippen LogP contribution in [0, 0.1) is 3.57 Å². The van der Waals surface area contributed by atoms with Gasteiger partial charge in [-0.1, -0.05) is 0 Å². The average Bonchev–Trinajstić information content (AvgIpc) is 3.06. The van der Waals surface area contributed by atoms with Gasteiger partial charge in [0, 0.05) is 22.4 Å². The van der Waals surface area contributed by atoms with Gasteiger partial charge in [0.1, 0.15) is 12.4 Å². The maximum absolute atomic E-state index is 12.2. The van der Waals surface area contributed by atoms with Gasteiger partial charge in [0.05, 0.1) is 18.6 Å². The molecule has 142 valence electrons. The largest absolute Gasteiger partial charge is 0.442 e. The van der Waals surface area contributed by atoms with Crippen molar-refractivity contribution in [1.82, 2.24) is 29.5 Å². The van der Waals surface area contributed by atoms with Crippen LogP contribution in [0.4, 0.5) is 10.6 Å². The van der Waals surface area contributed by atoms with Crippen LogP contribution in [0.3, 0.4) is 0 Å². The lowest BCUT2D eigenvalue weighted by molar-refractivity contribution is 0.0365. The summed E-state index contributed by atoms with van der Waals surface area (Å²) >= 11 is 2.22. The van der Waals surface area contributed by atoms with Crippen LogP contribution in [0.2, 0.25) is 0 Å². The van der Waals surface area contributed by atoms with Gasteiger partial charge >= 0.3 is 6.09 Å². The summed E-state index contributed by atoms with van der Waals surface area (Å²) in [6.45, 7) is 7.04. The molecular formula is C17H20IN7O2. The number of halogens is 1. The lowest BCUT2D eigenvalue weighted by Gasteiger charge is -2.41. The van der Waals surface area contributed by atoms with Crippen LogP contribution in [0.25, 0.3) is 16.8 Å². The van der Waals surface area contributed by atoms with Gasteiger partial charge in [0.2, 0.25) is 5.65 Å². The maximum Gasteiger partial charge on any atom is 0.410 e. The topological polar surface area (TPSA) is 88.8 Å². The number of carbonyl (C=O) groups excluding carboxylic acids is 1. The maximum atomic E-state index is 12.2. The fourth-order valence-electron chi connectivity index (χ4n) is 2.79. The fraction of sp³-hybridized carbons (Fsp3) is 0.471. The average molecular weight is 481 g/mol. The number of amides is 1. The number of hydrogen-bond donors (Lipinski definition) is 0. The van der Waals surface area contributed by atoms with Crippen LogP contribution < -0.4 is 4.90 Å². The van der Waals surface area contributed by atoms with E-state index in [-0.39, 0.29) is 17.7 Å². The number of ether oxygens (including phenoxy) is 1. The van der Waals surface area contributed by atoms with Gasteiger partial charge in [-0.05, 0) is 49.4 Å². The van der Waals surface area contributed by atoms with E-state index in [1.807, 2.05) is 36.1 Å². The molecule has 9 nitrogen and oxygen atoms in total. The van der Waals surface area contributed by atoms with Gasteiger partial charge in [-0.3, -0.25) is 4.40 Å². The van der Waals surface area contributed by atoms with Gasteiger partial charge in [0.25, 0.3) is 0 Å². The van der Waals surface area contributed by atoms with E-state index < -0.39 is 0 Å². The smallest absolute Gasteiger partial charge is 0.410 e. The number of anilines is 1. The van der Waals surface area contributed by atoms with Crippen molar-refractivity contribution in [2.24, 2.45) is 0 Å². The SMILES string of the molecule is CN(C(=O)OC1CN(c2nc3ncc(I)cc3n3cnnc23)C1)C(C)(C)C. The number of carbonyl (C=O) groups is 1. The molecule has 0 aromatic carbocycles. The van der Waals surface area contributed by atoms with Gasteiger partial charge in [-0.15, -0.1) is 10.2 Å². The number of fused-ring (bicyclic) bond motifs is 3. The molecule has 0 spiro atoms. The quantitative estimate of drug-likeness (QED) is 0.520. The summed E-state index contributed by atoms with van der Waals surface area (Å²) in [4.78, 5) is 25.0. The first-order valence-electron chi connectivity index (χ1n) is 8.58. The normalized spacial score (nSPS) is 15.2. The zero-order chi connectivity index (χ0) is 19.3. The molecule has 1 fully saturated rings. The summed E-state index contributed by atoms with van der Waals surface area (Å²) in [6, 6.07) is 2.00. The number of pyridine rings is 1. The molecule has 0 aliphatic carbocycles. The van der Waals surface area contributed by atoms with Crippen molar-refractivity contribution in [3.05, 3.63) is 22.2 Å². The minimum absolute atomic E-state index is 0.174. The zero-order valence-corrected chi connectivity index (χ0v) is 17.7. The molecule has 0 radical (unpaired) electrons. The second-order valence-corrected chi connectivity index (χ2v) is 8.84. The Balaban J connectivity index is 1.54. The molecule has 0 bridgehead atoms. The number of rotatable bonds is 2. The monoisotopic (exact) mass is 481 g/mol. The molecular weight excluding hydrogens is 461 g/mol. The van der Waals surface area contributed by atoms with Crippen LogP contribution >= 0.6 is 22.6 Å². The predicted molar refractivity (Wildman–Crippen MR) is 109 cm³/mol. The molecule has 3 aromatic rings. The molecule has 0 atom stereocenters. The van der Waals surface area contributed by atoms with E-state index in [0.717, 1.165) is 9.09 Å². The van der Waals surface area contributed by atoms with Gasteiger partial charge in [-0.25, -0.2) is 14.8 Å². The van der Waals surface area contributed by atoms with E-state index >= 15 is 0 Å². The van der Waals surface area contributed by atoms with E-state index in [9.17, 15) is 4.79 Å². The van der Waals surface area contributed by atoms with Crippen molar-refractivity contribution in [3.8, 4) is 0 Å². The number of aromatic nitrogens is 5. The lowest BCUT2D eigenvalue weighted by atomic mass is 10.1. The molecule has 10 heteroatoms. The highest BCUT2D eigenvalue weighted by Gasteiger charge is 2.35. The third-order valence-electron chi connectivity index (χ3n) is 4.73. The van der Waals surface area contributed by atoms with Crippen LogP contribution in [0.1, 0.15) is 20.8 Å². The Morgan fingerprint density at radius 2 is 2.11 bits per heavy atom.